The summed E-state index contributed by atoms with van der Waals surface area (Å²) in [6, 6.07) is 0. The Hall–Kier alpha value is -0.940. The Balaban J connectivity index is 2.26. The van der Waals surface area contributed by atoms with Crippen molar-refractivity contribution in [1.29, 1.82) is 0 Å². The smallest absolute Gasteiger partial charge is 0.234 e. The van der Waals surface area contributed by atoms with Gasteiger partial charge in [-0.1, -0.05) is 32.9 Å². The lowest BCUT2D eigenvalue weighted by atomic mass is 9.70. The zero-order valence-electron chi connectivity index (χ0n) is 14.0. The van der Waals surface area contributed by atoms with Gasteiger partial charge in [0.05, 0.1) is 5.41 Å². The first-order chi connectivity index (χ1) is 9.82. The first-order valence-corrected chi connectivity index (χ1v) is 7.89. The van der Waals surface area contributed by atoms with Crippen LogP contribution in [-0.4, -0.2) is 23.8 Å². The van der Waals surface area contributed by atoms with Crippen LogP contribution in [0.1, 0.15) is 71.2 Å². The molecule has 120 valence electrons. The summed E-state index contributed by atoms with van der Waals surface area (Å²) in [5.74, 6) is 2.08. The molecule has 1 aromatic heterocycles. The van der Waals surface area contributed by atoms with Gasteiger partial charge in [-0.2, -0.15) is 4.98 Å². The maximum absolute atomic E-state index is 6.06. The molecule has 2 N–H and O–H groups in total. The van der Waals surface area contributed by atoms with E-state index in [0.29, 0.717) is 18.3 Å². The molecule has 1 fully saturated rings. The molecule has 1 heterocycles. The zero-order valence-corrected chi connectivity index (χ0v) is 14.0. The summed E-state index contributed by atoms with van der Waals surface area (Å²) in [5, 5.41) is 4.17. The normalized spacial score (nSPS) is 28.6. The average Bonchev–Trinajstić information content (AvgIpc) is 2.89. The van der Waals surface area contributed by atoms with E-state index in [0.717, 1.165) is 18.8 Å². The first-order valence-electron chi connectivity index (χ1n) is 7.89. The lowest BCUT2D eigenvalue weighted by Crippen LogP contribution is -2.39. The van der Waals surface area contributed by atoms with E-state index in [2.05, 4.69) is 37.8 Å². The van der Waals surface area contributed by atoms with E-state index in [1.54, 1.807) is 7.11 Å². The molecule has 1 aliphatic carbocycles. The van der Waals surface area contributed by atoms with E-state index in [1.165, 1.54) is 12.8 Å². The van der Waals surface area contributed by atoms with Crippen LogP contribution in [0.5, 0.6) is 0 Å². The van der Waals surface area contributed by atoms with E-state index in [1.807, 2.05) is 0 Å². The summed E-state index contributed by atoms with van der Waals surface area (Å²) in [5.41, 5.74) is 5.84. The Morgan fingerprint density at radius 1 is 1.38 bits per heavy atom. The second-order valence-corrected chi connectivity index (χ2v) is 7.61. The second kappa shape index (κ2) is 6.05. The molecular formula is C16H29N3O2. The van der Waals surface area contributed by atoms with Gasteiger partial charge in [0.15, 0.2) is 0 Å². The van der Waals surface area contributed by atoms with Gasteiger partial charge in [-0.25, -0.2) is 0 Å². The van der Waals surface area contributed by atoms with E-state index in [4.69, 9.17) is 15.0 Å². The highest BCUT2D eigenvalue weighted by Gasteiger charge is 2.41. The van der Waals surface area contributed by atoms with Crippen molar-refractivity contribution < 1.29 is 9.26 Å². The first kappa shape index (κ1) is 16.4. The van der Waals surface area contributed by atoms with Gasteiger partial charge >= 0.3 is 0 Å². The minimum atomic E-state index is -0.174. The molecule has 0 amide bonds. The van der Waals surface area contributed by atoms with E-state index in [9.17, 15) is 0 Å². The van der Waals surface area contributed by atoms with Crippen LogP contribution in [0.3, 0.4) is 0 Å². The average molecular weight is 295 g/mol. The summed E-state index contributed by atoms with van der Waals surface area (Å²) in [7, 11) is 1.69. The van der Waals surface area contributed by atoms with E-state index < -0.39 is 0 Å². The molecule has 0 aromatic carbocycles. The molecule has 1 aliphatic rings. The predicted octanol–water partition coefficient (Wildman–Crippen LogP) is 3.21. The van der Waals surface area contributed by atoms with Crippen molar-refractivity contribution in [1.82, 2.24) is 10.1 Å². The van der Waals surface area contributed by atoms with Crippen molar-refractivity contribution >= 4 is 0 Å². The summed E-state index contributed by atoms with van der Waals surface area (Å²) in [6.45, 7) is 9.18. The highest BCUT2D eigenvalue weighted by Crippen LogP contribution is 2.41. The highest BCUT2D eigenvalue weighted by atomic mass is 16.5. The molecule has 21 heavy (non-hydrogen) atoms. The second-order valence-electron chi connectivity index (χ2n) is 7.61. The minimum Gasteiger partial charge on any atom is -0.373 e. The Labute approximate surface area is 127 Å². The molecule has 5 nitrogen and oxygen atoms in total. The van der Waals surface area contributed by atoms with Gasteiger partial charge in [-0.3, -0.25) is 0 Å². The maximum Gasteiger partial charge on any atom is 0.234 e. The number of rotatable bonds is 4. The zero-order chi connectivity index (χ0) is 15.7. The molecule has 0 radical (unpaired) electrons. The third-order valence-corrected chi connectivity index (χ3v) is 4.77. The quantitative estimate of drug-likeness (QED) is 0.923. The lowest BCUT2D eigenvalue weighted by Gasteiger charge is -2.35. The van der Waals surface area contributed by atoms with Crippen LogP contribution in [0, 0.1) is 11.3 Å². The van der Waals surface area contributed by atoms with Crippen molar-refractivity contribution in [3.05, 3.63) is 11.7 Å². The van der Waals surface area contributed by atoms with Gasteiger partial charge in [0.2, 0.25) is 11.7 Å². The van der Waals surface area contributed by atoms with Gasteiger partial charge in [-0.05, 0) is 37.0 Å². The van der Waals surface area contributed by atoms with Gasteiger partial charge in [-0.15, -0.1) is 0 Å². The third-order valence-electron chi connectivity index (χ3n) is 4.77. The van der Waals surface area contributed by atoms with Gasteiger partial charge in [0, 0.05) is 13.7 Å². The third kappa shape index (κ3) is 3.29. The van der Waals surface area contributed by atoms with Crippen molar-refractivity contribution in [3.8, 4) is 0 Å². The summed E-state index contributed by atoms with van der Waals surface area (Å²) >= 11 is 0. The van der Waals surface area contributed by atoms with Crippen molar-refractivity contribution in [3.63, 3.8) is 0 Å². The van der Waals surface area contributed by atoms with Gasteiger partial charge in [0.1, 0.15) is 6.10 Å². The number of methoxy groups -OCH3 is 1. The molecule has 0 bridgehead atoms. The standard InChI is InChI=1S/C16H29N3O2/c1-11-6-8-16(10-17,9-7-11)14-18-13(19-21-14)12(20-5)15(2,3)4/h11-12H,6-10,17H2,1-5H3. The maximum atomic E-state index is 6.06. The topological polar surface area (TPSA) is 74.2 Å². The number of ether oxygens (including phenoxy) is 1. The number of hydrogen-bond donors (Lipinski definition) is 1. The Morgan fingerprint density at radius 3 is 2.48 bits per heavy atom. The van der Waals surface area contributed by atoms with Crippen LogP contribution >= 0.6 is 0 Å². The Kier molecular flexibility index (Phi) is 4.73. The largest absolute Gasteiger partial charge is 0.373 e. The molecule has 0 saturated heterocycles. The molecule has 2 rings (SSSR count). The van der Waals surface area contributed by atoms with Crippen molar-refractivity contribution in [2.24, 2.45) is 17.1 Å². The molecule has 1 saturated carbocycles. The molecule has 1 unspecified atom stereocenters. The molecule has 1 aromatic rings. The van der Waals surface area contributed by atoms with Crippen molar-refractivity contribution in [2.75, 3.05) is 13.7 Å². The molecule has 0 spiro atoms. The highest BCUT2D eigenvalue weighted by molar-refractivity contribution is 5.10. The summed E-state index contributed by atoms with van der Waals surface area (Å²) < 4.78 is 11.2. The molecular weight excluding hydrogens is 266 g/mol. The Morgan fingerprint density at radius 2 is 2.00 bits per heavy atom. The van der Waals surface area contributed by atoms with E-state index in [-0.39, 0.29) is 16.9 Å². The van der Waals surface area contributed by atoms with Crippen LogP contribution in [0.4, 0.5) is 0 Å². The predicted molar refractivity (Wildman–Crippen MR) is 81.9 cm³/mol. The lowest BCUT2D eigenvalue weighted by molar-refractivity contribution is 0.00718. The van der Waals surface area contributed by atoms with Crippen LogP contribution < -0.4 is 5.73 Å². The Bertz CT molecular complexity index is 456. The SMILES string of the molecule is COC(c1noc(C2(CN)CCC(C)CC2)n1)C(C)(C)C. The van der Waals surface area contributed by atoms with Gasteiger partial charge in [0.25, 0.3) is 0 Å². The monoisotopic (exact) mass is 295 g/mol. The van der Waals surface area contributed by atoms with Crippen LogP contribution in [0.2, 0.25) is 0 Å². The number of nitrogens with two attached hydrogens (primary N) is 1. The summed E-state index contributed by atoms with van der Waals surface area (Å²) in [4.78, 5) is 4.66. The molecule has 5 heteroatoms. The van der Waals surface area contributed by atoms with Gasteiger partial charge < -0.3 is 15.0 Å². The fourth-order valence-electron chi connectivity index (χ4n) is 3.22. The minimum absolute atomic E-state index is 0.0765. The van der Waals surface area contributed by atoms with Crippen LogP contribution in [-0.2, 0) is 10.2 Å². The fourth-order valence-corrected chi connectivity index (χ4v) is 3.22. The fraction of sp³-hybridized carbons (Fsp3) is 0.875. The number of hydrogen-bond acceptors (Lipinski definition) is 5. The number of aromatic nitrogens is 2. The number of nitrogens with zero attached hydrogens (tertiary/aromatic N) is 2. The van der Waals surface area contributed by atoms with E-state index >= 15 is 0 Å². The van der Waals surface area contributed by atoms with Crippen LogP contribution in [0.15, 0.2) is 4.52 Å². The van der Waals surface area contributed by atoms with Crippen LogP contribution in [0.25, 0.3) is 0 Å². The summed E-state index contributed by atoms with van der Waals surface area (Å²) in [6.07, 6.45) is 4.22. The van der Waals surface area contributed by atoms with Crippen molar-refractivity contribution in [2.45, 2.75) is 64.9 Å². The molecule has 1 atom stereocenters. The molecule has 0 aliphatic heterocycles.